The van der Waals surface area contributed by atoms with Crippen molar-refractivity contribution in [2.45, 2.75) is 26.7 Å². The van der Waals surface area contributed by atoms with Gasteiger partial charge in [0.25, 0.3) is 0 Å². The minimum Gasteiger partial charge on any atom is -0.359 e. The molecule has 0 saturated carbocycles. The van der Waals surface area contributed by atoms with Crippen molar-refractivity contribution in [3.63, 3.8) is 0 Å². The quantitative estimate of drug-likeness (QED) is 0.707. The van der Waals surface area contributed by atoms with Gasteiger partial charge in [-0.25, -0.2) is 0 Å². The summed E-state index contributed by atoms with van der Waals surface area (Å²) in [7, 11) is 0. The van der Waals surface area contributed by atoms with Crippen molar-refractivity contribution in [3.8, 4) is 0 Å². The number of benzene rings is 1. The summed E-state index contributed by atoms with van der Waals surface area (Å²) >= 11 is 0. The van der Waals surface area contributed by atoms with Crippen molar-refractivity contribution in [1.29, 1.82) is 0 Å². The third-order valence-electron chi connectivity index (χ3n) is 2.97. The van der Waals surface area contributed by atoms with Gasteiger partial charge < -0.3 is 5.32 Å². The Morgan fingerprint density at radius 3 is 2.71 bits per heavy atom. The summed E-state index contributed by atoms with van der Waals surface area (Å²) in [5.74, 6) is 1.09. The van der Waals surface area contributed by atoms with Crippen LogP contribution in [0.2, 0.25) is 0 Å². The number of allylic oxidation sites excluding steroid dienone is 1. The average Bonchev–Trinajstić information content (AvgIpc) is 2.42. The molecule has 1 N–H and O–H groups in total. The number of aryl methyl sites for hydroxylation is 1. The maximum atomic E-state index is 4.10. The van der Waals surface area contributed by atoms with E-state index in [1.165, 1.54) is 16.8 Å². The second-order valence-electron chi connectivity index (χ2n) is 4.41. The average molecular weight is 187 g/mol. The minimum atomic E-state index is 0.478. The minimum absolute atomic E-state index is 0.478. The number of rotatable bonds is 1. The fourth-order valence-electron chi connectivity index (χ4n) is 2.36. The van der Waals surface area contributed by atoms with Crippen LogP contribution in [0, 0.1) is 12.8 Å². The van der Waals surface area contributed by atoms with E-state index in [2.05, 4.69) is 50.9 Å². The van der Waals surface area contributed by atoms with E-state index in [0.29, 0.717) is 11.8 Å². The Kier molecular flexibility index (Phi) is 2.10. The van der Waals surface area contributed by atoms with Crippen LogP contribution in [0.1, 0.15) is 30.9 Å². The van der Waals surface area contributed by atoms with E-state index in [9.17, 15) is 0 Å². The van der Waals surface area contributed by atoms with Gasteiger partial charge in [0, 0.05) is 17.3 Å². The molecular weight excluding hydrogens is 170 g/mol. The normalized spacial score (nSPS) is 19.7. The van der Waals surface area contributed by atoms with Gasteiger partial charge in [0.05, 0.1) is 0 Å². The molecule has 1 atom stereocenters. The smallest absolute Gasteiger partial charge is 0.0423 e. The number of nitrogens with one attached hydrogen (secondary N) is 1. The standard InChI is InChI=1S/C13H17N/c1-8(2)12-10(4)14-11-7-5-6-9(3)13(11)12/h5-8,12,14H,4H2,1-3H3/t12-/m0/s1. The molecule has 0 saturated heterocycles. The van der Waals surface area contributed by atoms with Crippen molar-refractivity contribution in [2.24, 2.45) is 5.92 Å². The zero-order valence-corrected chi connectivity index (χ0v) is 9.09. The molecule has 1 aliphatic heterocycles. The molecular formula is C13H17N. The fourth-order valence-corrected chi connectivity index (χ4v) is 2.36. The van der Waals surface area contributed by atoms with E-state index in [1.54, 1.807) is 0 Å². The highest BCUT2D eigenvalue weighted by molar-refractivity contribution is 5.67. The number of anilines is 1. The second-order valence-corrected chi connectivity index (χ2v) is 4.41. The SMILES string of the molecule is C=C1Nc2cccc(C)c2[C@H]1C(C)C. The molecule has 1 nitrogen and oxygen atoms in total. The van der Waals surface area contributed by atoms with Crippen LogP contribution >= 0.6 is 0 Å². The van der Waals surface area contributed by atoms with Crippen molar-refractivity contribution >= 4 is 5.69 Å². The van der Waals surface area contributed by atoms with Crippen molar-refractivity contribution in [2.75, 3.05) is 5.32 Å². The molecule has 1 aliphatic rings. The maximum absolute atomic E-state index is 4.10. The van der Waals surface area contributed by atoms with Gasteiger partial charge in [0.15, 0.2) is 0 Å². The van der Waals surface area contributed by atoms with Gasteiger partial charge in [-0.05, 0) is 30.0 Å². The topological polar surface area (TPSA) is 12.0 Å². The Bertz CT molecular complexity index is 377. The van der Waals surface area contributed by atoms with Crippen LogP contribution in [-0.2, 0) is 0 Å². The van der Waals surface area contributed by atoms with Gasteiger partial charge in [-0.15, -0.1) is 0 Å². The molecule has 0 unspecified atom stereocenters. The van der Waals surface area contributed by atoms with E-state index in [4.69, 9.17) is 0 Å². The van der Waals surface area contributed by atoms with Crippen LogP contribution in [0.4, 0.5) is 5.69 Å². The molecule has 1 heteroatoms. The lowest BCUT2D eigenvalue weighted by atomic mass is 9.86. The lowest BCUT2D eigenvalue weighted by Crippen LogP contribution is -2.06. The second kappa shape index (κ2) is 3.16. The van der Waals surface area contributed by atoms with Gasteiger partial charge in [-0.1, -0.05) is 32.6 Å². The van der Waals surface area contributed by atoms with Gasteiger partial charge in [-0.3, -0.25) is 0 Å². The van der Waals surface area contributed by atoms with Crippen LogP contribution in [0.3, 0.4) is 0 Å². The summed E-state index contributed by atoms with van der Waals surface area (Å²) in [6, 6.07) is 6.40. The maximum Gasteiger partial charge on any atom is 0.0423 e. The molecule has 14 heavy (non-hydrogen) atoms. The molecule has 0 radical (unpaired) electrons. The van der Waals surface area contributed by atoms with E-state index in [1.807, 2.05) is 0 Å². The first kappa shape index (κ1) is 9.32. The van der Waals surface area contributed by atoms with E-state index in [-0.39, 0.29) is 0 Å². The van der Waals surface area contributed by atoms with Gasteiger partial charge in [0.2, 0.25) is 0 Å². The monoisotopic (exact) mass is 187 g/mol. The molecule has 0 amide bonds. The molecule has 1 aromatic carbocycles. The first-order valence-corrected chi connectivity index (χ1v) is 5.16. The van der Waals surface area contributed by atoms with Crippen LogP contribution in [0.5, 0.6) is 0 Å². The fraction of sp³-hybridized carbons (Fsp3) is 0.385. The Labute approximate surface area is 85.8 Å². The molecule has 0 fully saturated rings. The zero-order chi connectivity index (χ0) is 10.3. The summed E-state index contributed by atoms with van der Waals surface area (Å²) < 4.78 is 0. The molecule has 0 aliphatic carbocycles. The van der Waals surface area contributed by atoms with E-state index in [0.717, 1.165) is 5.70 Å². The molecule has 0 bridgehead atoms. The highest BCUT2D eigenvalue weighted by Gasteiger charge is 2.29. The molecule has 1 heterocycles. The highest BCUT2D eigenvalue weighted by atomic mass is 14.9. The lowest BCUT2D eigenvalue weighted by molar-refractivity contribution is 0.569. The molecule has 0 aromatic heterocycles. The number of hydrogen-bond acceptors (Lipinski definition) is 1. The van der Waals surface area contributed by atoms with Gasteiger partial charge >= 0.3 is 0 Å². The van der Waals surface area contributed by atoms with Crippen molar-refractivity contribution in [3.05, 3.63) is 41.6 Å². The summed E-state index contributed by atoms with van der Waals surface area (Å²) in [6.07, 6.45) is 0. The predicted octanol–water partition coefficient (Wildman–Crippen LogP) is 3.67. The third-order valence-corrected chi connectivity index (χ3v) is 2.97. The summed E-state index contributed by atoms with van der Waals surface area (Å²) in [5, 5.41) is 3.38. The van der Waals surface area contributed by atoms with Crippen LogP contribution < -0.4 is 5.32 Å². The highest BCUT2D eigenvalue weighted by Crippen LogP contribution is 2.43. The number of hydrogen-bond donors (Lipinski definition) is 1. The largest absolute Gasteiger partial charge is 0.359 e. The summed E-state index contributed by atoms with van der Waals surface area (Å²) in [4.78, 5) is 0. The van der Waals surface area contributed by atoms with Crippen LogP contribution in [-0.4, -0.2) is 0 Å². The predicted molar refractivity (Wildman–Crippen MR) is 61.5 cm³/mol. The lowest BCUT2D eigenvalue weighted by Gasteiger charge is -2.17. The van der Waals surface area contributed by atoms with E-state index >= 15 is 0 Å². The van der Waals surface area contributed by atoms with Crippen molar-refractivity contribution < 1.29 is 0 Å². The zero-order valence-electron chi connectivity index (χ0n) is 9.09. The first-order valence-electron chi connectivity index (χ1n) is 5.16. The van der Waals surface area contributed by atoms with Crippen LogP contribution in [0.25, 0.3) is 0 Å². The Morgan fingerprint density at radius 2 is 2.07 bits per heavy atom. The Hall–Kier alpha value is -1.24. The van der Waals surface area contributed by atoms with Gasteiger partial charge in [0.1, 0.15) is 0 Å². The summed E-state index contributed by atoms with van der Waals surface area (Å²) in [5.41, 5.74) is 5.19. The van der Waals surface area contributed by atoms with E-state index < -0.39 is 0 Å². The molecule has 74 valence electrons. The Morgan fingerprint density at radius 1 is 1.36 bits per heavy atom. The molecule has 0 spiro atoms. The summed E-state index contributed by atoms with van der Waals surface area (Å²) in [6.45, 7) is 10.8. The first-order chi connectivity index (χ1) is 6.61. The number of fused-ring (bicyclic) bond motifs is 1. The van der Waals surface area contributed by atoms with Crippen molar-refractivity contribution in [1.82, 2.24) is 0 Å². The van der Waals surface area contributed by atoms with Crippen LogP contribution in [0.15, 0.2) is 30.5 Å². The Balaban J connectivity index is 2.55. The van der Waals surface area contributed by atoms with Gasteiger partial charge in [-0.2, -0.15) is 0 Å². The third kappa shape index (κ3) is 1.24. The molecule has 1 aromatic rings. The molecule has 2 rings (SSSR count).